The second-order valence-electron chi connectivity index (χ2n) is 4.62. The van der Waals surface area contributed by atoms with E-state index in [1.807, 2.05) is 0 Å². The molecule has 0 saturated carbocycles. The second-order valence-corrected chi connectivity index (χ2v) is 6.70. The summed E-state index contributed by atoms with van der Waals surface area (Å²) in [5.41, 5.74) is 0.947. The number of aryl methyl sites for hydroxylation is 1. The largest absolute Gasteiger partial charge is 0.497 e. The summed E-state index contributed by atoms with van der Waals surface area (Å²) in [6.07, 6.45) is 0. The van der Waals surface area contributed by atoms with Crippen molar-refractivity contribution in [2.75, 3.05) is 18.9 Å². The molecule has 0 aliphatic heterocycles. The van der Waals surface area contributed by atoms with Gasteiger partial charge in [0.15, 0.2) is 0 Å². The lowest BCUT2D eigenvalue weighted by Gasteiger charge is -2.13. The Hall–Kier alpha value is -1.92. The lowest BCUT2D eigenvalue weighted by Crippen LogP contribution is -2.14. The van der Waals surface area contributed by atoms with Crippen LogP contribution in [0.2, 0.25) is 5.02 Å². The van der Waals surface area contributed by atoms with Crippen LogP contribution in [-0.4, -0.2) is 22.6 Å². The van der Waals surface area contributed by atoms with Crippen molar-refractivity contribution in [2.24, 2.45) is 0 Å². The van der Waals surface area contributed by atoms with Crippen LogP contribution in [0.1, 0.15) is 5.56 Å². The van der Waals surface area contributed by atoms with E-state index in [-0.39, 0.29) is 4.90 Å². The summed E-state index contributed by atoms with van der Waals surface area (Å²) in [6, 6.07) is 9.51. The zero-order valence-corrected chi connectivity index (χ0v) is 14.0. The molecule has 0 aliphatic rings. The summed E-state index contributed by atoms with van der Waals surface area (Å²) < 4.78 is 37.8. The maximum absolute atomic E-state index is 12.5. The van der Waals surface area contributed by atoms with E-state index in [2.05, 4.69) is 4.72 Å². The quantitative estimate of drug-likeness (QED) is 0.904. The lowest BCUT2D eigenvalue weighted by molar-refractivity contribution is 0.395. The molecule has 118 valence electrons. The maximum Gasteiger partial charge on any atom is 0.262 e. The molecule has 0 heterocycles. The summed E-state index contributed by atoms with van der Waals surface area (Å²) in [6.45, 7) is 1.71. The van der Waals surface area contributed by atoms with E-state index in [0.717, 1.165) is 0 Å². The Balaban J connectivity index is 2.42. The van der Waals surface area contributed by atoms with Gasteiger partial charge in [-0.3, -0.25) is 4.72 Å². The van der Waals surface area contributed by atoms with Gasteiger partial charge >= 0.3 is 0 Å². The van der Waals surface area contributed by atoms with Crippen molar-refractivity contribution < 1.29 is 17.9 Å². The summed E-state index contributed by atoms with van der Waals surface area (Å²) in [5, 5.41) is 0.356. The minimum atomic E-state index is -3.76. The average Bonchev–Trinajstić information content (AvgIpc) is 2.48. The van der Waals surface area contributed by atoms with Gasteiger partial charge in [0, 0.05) is 23.2 Å². The molecule has 0 unspecified atom stereocenters. The molecule has 7 heteroatoms. The number of ether oxygens (including phenoxy) is 2. The first-order chi connectivity index (χ1) is 10.4. The minimum Gasteiger partial charge on any atom is -0.497 e. The monoisotopic (exact) mass is 341 g/mol. The smallest absolute Gasteiger partial charge is 0.262 e. The van der Waals surface area contributed by atoms with Crippen LogP contribution in [0.3, 0.4) is 0 Å². The highest BCUT2D eigenvalue weighted by Gasteiger charge is 2.18. The topological polar surface area (TPSA) is 64.6 Å². The fourth-order valence-electron chi connectivity index (χ4n) is 1.94. The molecule has 2 aromatic rings. The predicted octanol–water partition coefficient (Wildman–Crippen LogP) is 3.47. The van der Waals surface area contributed by atoms with Crippen molar-refractivity contribution in [1.82, 2.24) is 0 Å². The standard InChI is InChI=1S/C15H16ClNO4S/c1-10-4-5-11(16)6-15(10)22(18,19)17-12-7-13(20-2)9-14(8-12)21-3/h4-9,17H,1-3H3. The molecule has 5 nitrogen and oxygen atoms in total. The third-order valence-electron chi connectivity index (χ3n) is 3.04. The highest BCUT2D eigenvalue weighted by Crippen LogP contribution is 2.28. The highest BCUT2D eigenvalue weighted by molar-refractivity contribution is 7.92. The van der Waals surface area contributed by atoms with Crippen LogP contribution in [0.4, 0.5) is 5.69 Å². The van der Waals surface area contributed by atoms with Gasteiger partial charge in [-0.25, -0.2) is 8.42 Å². The Labute approximate surface area is 134 Å². The van der Waals surface area contributed by atoms with Crippen molar-refractivity contribution >= 4 is 27.3 Å². The van der Waals surface area contributed by atoms with Crippen LogP contribution < -0.4 is 14.2 Å². The summed E-state index contributed by atoms with van der Waals surface area (Å²) in [7, 11) is -0.774. The maximum atomic E-state index is 12.5. The van der Waals surface area contributed by atoms with E-state index < -0.39 is 10.0 Å². The Morgan fingerprint density at radius 2 is 1.59 bits per heavy atom. The van der Waals surface area contributed by atoms with E-state index >= 15 is 0 Å². The van der Waals surface area contributed by atoms with Gasteiger partial charge in [0.25, 0.3) is 10.0 Å². The fraction of sp³-hybridized carbons (Fsp3) is 0.200. The minimum absolute atomic E-state index is 0.127. The third kappa shape index (κ3) is 3.64. The molecule has 0 bridgehead atoms. The molecule has 2 aromatic carbocycles. The average molecular weight is 342 g/mol. The van der Waals surface area contributed by atoms with Gasteiger partial charge in [0.05, 0.1) is 24.8 Å². The molecule has 0 saturated heterocycles. The number of anilines is 1. The highest BCUT2D eigenvalue weighted by atomic mass is 35.5. The predicted molar refractivity (Wildman–Crippen MR) is 86.5 cm³/mol. The second kappa shape index (κ2) is 6.46. The molecular weight excluding hydrogens is 326 g/mol. The van der Waals surface area contributed by atoms with Crippen LogP contribution >= 0.6 is 11.6 Å². The van der Waals surface area contributed by atoms with E-state index in [4.69, 9.17) is 21.1 Å². The molecule has 0 atom stereocenters. The SMILES string of the molecule is COc1cc(NS(=O)(=O)c2cc(Cl)ccc2C)cc(OC)c1. The van der Waals surface area contributed by atoms with E-state index in [0.29, 0.717) is 27.8 Å². The van der Waals surface area contributed by atoms with Crippen molar-refractivity contribution in [3.05, 3.63) is 47.0 Å². The zero-order valence-electron chi connectivity index (χ0n) is 12.4. The molecule has 0 aliphatic carbocycles. The lowest BCUT2D eigenvalue weighted by atomic mass is 10.2. The molecule has 0 aromatic heterocycles. The van der Waals surface area contributed by atoms with Crippen molar-refractivity contribution in [1.29, 1.82) is 0 Å². The molecule has 0 amide bonds. The van der Waals surface area contributed by atoms with Gasteiger partial charge in [0.1, 0.15) is 11.5 Å². The van der Waals surface area contributed by atoms with Crippen molar-refractivity contribution in [3.8, 4) is 11.5 Å². The molecule has 0 spiro atoms. The molecule has 1 N–H and O–H groups in total. The first-order valence-electron chi connectivity index (χ1n) is 6.38. The van der Waals surface area contributed by atoms with Gasteiger partial charge in [-0.05, 0) is 24.6 Å². The molecule has 2 rings (SSSR count). The van der Waals surface area contributed by atoms with Crippen LogP contribution in [0.5, 0.6) is 11.5 Å². The van der Waals surface area contributed by atoms with Crippen LogP contribution in [-0.2, 0) is 10.0 Å². The van der Waals surface area contributed by atoms with E-state index in [9.17, 15) is 8.42 Å². The summed E-state index contributed by atoms with van der Waals surface area (Å²) in [4.78, 5) is 0.127. The molecule has 0 radical (unpaired) electrons. The van der Waals surface area contributed by atoms with Gasteiger partial charge in [0.2, 0.25) is 0 Å². The van der Waals surface area contributed by atoms with Crippen LogP contribution in [0.25, 0.3) is 0 Å². The van der Waals surface area contributed by atoms with Gasteiger partial charge in [-0.15, -0.1) is 0 Å². The Bertz CT molecular complexity index is 768. The van der Waals surface area contributed by atoms with Gasteiger partial charge in [-0.2, -0.15) is 0 Å². The van der Waals surface area contributed by atoms with Crippen LogP contribution in [0, 0.1) is 6.92 Å². The summed E-state index contributed by atoms with van der Waals surface area (Å²) in [5.74, 6) is 0.972. The number of hydrogen-bond acceptors (Lipinski definition) is 4. The van der Waals surface area contributed by atoms with Gasteiger partial charge < -0.3 is 9.47 Å². The van der Waals surface area contributed by atoms with E-state index in [1.54, 1.807) is 37.3 Å². The molecule has 22 heavy (non-hydrogen) atoms. The van der Waals surface area contributed by atoms with Gasteiger partial charge in [-0.1, -0.05) is 17.7 Å². The van der Waals surface area contributed by atoms with E-state index in [1.165, 1.54) is 20.3 Å². The normalized spacial score (nSPS) is 11.1. The number of methoxy groups -OCH3 is 2. The Morgan fingerprint density at radius 1 is 1.00 bits per heavy atom. The Kier molecular flexibility index (Phi) is 4.83. The van der Waals surface area contributed by atoms with Crippen molar-refractivity contribution in [3.63, 3.8) is 0 Å². The Morgan fingerprint density at radius 3 is 2.14 bits per heavy atom. The number of hydrogen-bond donors (Lipinski definition) is 1. The molecular formula is C15H16ClNO4S. The summed E-state index contributed by atoms with van der Waals surface area (Å²) >= 11 is 5.89. The number of nitrogens with one attached hydrogen (secondary N) is 1. The fourth-order valence-corrected chi connectivity index (χ4v) is 3.49. The van der Waals surface area contributed by atoms with Crippen LogP contribution in [0.15, 0.2) is 41.3 Å². The number of sulfonamides is 1. The van der Waals surface area contributed by atoms with Crippen molar-refractivity contribution in [2.45, 2.75) is 11.8 Å². The number of halogens is 1. The number of rotatable bonds is 5. The first-order valence-corrected chi connectivity index (χ1v) is 8.24. The first kappa shape index (κ1) is 16.5. The number of benzene rings is 2. The third-order valence-corrected chi connectivity index (χ3v) is 4.80. The zero-order chi connectivity index (χ0) is 16.3. The molecule has 0 fully saturated rings.